The van der Waals surface area contributed by atoms with E-state index in [-0.39, 0.29) is 24.4 Å². The van der Waals surface area contributed by atoms with Crippen LogP contribution < -0.4 is 15.5 Å². The van der Waals surface area contributed by atoms with E-state index in [1.807, 2.05) is 71.3 Å². The van der Waals surface area contributed by atoms with E-state index in [4.69, 9.17) is 4.98 Å². The molecule has 0 aliphatic carbocycles. The molecule has 0 saturated carbocycles. The zero-order chi connectivity index (χ0) is 26.2. The number of hydrogen-bond donors (Lipinski definition) is 2. The number of rotatable bonds is 11. The molecule has 7 nitrogen and oxygen atoms in total. The lowest BCUT2D eigenvalue weighted by Crippen LogP contribution is -2.31. The minimum absolute atomic E-state index is 0.0923. The molecule has 2 amide bonds. The summed E-state index contributed by atoms with van der Waals surface area (Å²) in [6.45, 7) is 8.27. The second-order valence-corrected chi connectivity index (χ2v) is 8.99. The number of carbonyl (C=O) groups excluding carboxylic acids is 2. The van der Waals surface area contributed by atoms with Gasteiger partial charge in [0.1, 0.15) is 12.4 Å². The lowest BCUT2D eigenvalue weighted by Gasteiger charge is -2.21. The van der Waals surface area contributed by atoms with Gasteiger partial charge in [-0.25, -0.2) is 4.98 Å². The number of fused-ring (bicyclic) bond motifs is 1. The summed E-state index contributed by atoms with van der Waals surface area (Å²) in [6.07, 6.45) is 1.56. The van der Waals surface area contributed by atoms with Gasteiger partial charge in [-0.2, -0.15) is 0 Å². The van der Waals surface area contributed by atoms with Crippen molar-refractivity contribution in [1.82, 2.24) is 14.9 Å². The second-order valence-electron chi connectivity index (χ2n) is 8.99. The fourth-order valence-corrected chi connectivity index (χ4v) is 4.60. The van der Waals surface area contributed by atoms with Gasteiger partial charge in [0.25, 0.3) is 5.91 Å². The zero-order valence-electron chi connectivity index (χ0n) is 21.8. The number of anilines is 2. The number of nitrogens with one attached hydrogen (secondary N) is 2. The molecule has 192 valence electrons. The minimum atomic E-state index is -0.328. The maximum absolute atomic E-state index is 13.2. The van der Waals surface area contributed by atoms with Crippen molar-refractivity contribution >= 4 is 34.2 Å². The van der Waals surface area contributed by atoms with Gasteiger partial charge in [0.15, 0.2) is 0 Å². The highest BCUT2D eigenvalue weighted by Crippen LogP contribution is 2.25. The van der Waals surface area contributed by atoms with Crippen molar-refractivity contribution in [3.05, 3.63) is 90.3 Å². The first-order valence-corrected chi connectivity index (χ1v) is 13.0. The quantitative estimate of drug-likeness (QED) is 0.275. The van der Waals surface area contributed by atoms with E-state index in [2.05, 4.69) is 36.3 Å². The van der Waals surface area contributed by atoms with Crippen LogP contribution in [0, 0.1) is 0 Å². The third kappa shape index (κ3) is 6.17. The van der Waals surface area contributed by atoms with Crippen molar-refractivity contribution < 1.29 is 9.59 Å². The molecule has 3 aromatic carbocycles. The van der Waals surface area contributed by atoms with Gasteiger partial charge in [-0.1, -0.05) is 43.7 Å². The maximum Gasteiger partial charge on any atom is 0.251 e. The average molecular weight is 498 g/mol. The lowest BCUT2D eigenvalue weighted by molar-refractivity contribution is -0.116. The van der Waals surface area contributed by atoms with E-state index >= 15 is 0 Å². The number of carbonyl (C=O) groups is 2. The van der Waals surface area contributed by atoms with Crippen LogP contribution in [0.25, 0.3) is 11.0 Å². The number of para-hydroxylation sites is 2. The summed E-state index contributed by atoms with van der Waals surface area (Å²) in [5.74, 6) is 0.374. The van der Waals surface area contributed by atoms with E-state index in [1.165, 1.54) is 0 Å². The molecule has 1 atom stereocenters. The third-order valence-electron chi connectivity index (χ3n) is 6.50. The Balaban J connectivity index is 1.58. The fraction of sp³-hybridized carbons (Fsp3) is 0.300. The average Bonchev–Trinajstić information content (AvgIpc) is 3.28. The van der Waals surface area contributed by atoms with Crippen molar-refractivity contribution in [2.24, 2.45) is 0 Å². The summed E-state index contributed by atoms with van der Waals surface area (Å²) < 4.78 is 1.92. The van der Waals surface area contributed by atoms with Crippen molar-refractivity contribution in [2.45, 2.75) is 46.2 Å². The fourth-order valence-electron chi connectivity index (χ4n) is 4.60. The first kappa shape index (κ1) is 25.9. The van der Waals surface area contributed by atoms with E-state index < -0.39 is 0 Å². The monoisotopic (exact) mass is 497 g/mol. The second kappa shape index (κ2) is 12.2. The molecule has 0 bridgehead atoms. The van der Waals surface area contributed by atoms with Crippen LogP contribution in [0.5, 0.6) is 0 Å². The van der Waals surface area contributed by atoms with E-state index in [0.29, 0.717) is 17.8 Å². The Morgan fingerprint density at radius 1 is 0.892 bits per heavy atom. The molecular weight excluding hydrogens is 462 g/mol. The van der Waals surface area contributed by atoms with Gasteiger partial charge >= 0.3 is 0 Å². The first-order valence-electron chi connectivity index (χ1n) is 13.0. The van der Waals surface area contributed by atoms with Crippen LogP contribution in [0.4, 0.5) is 11.4 Å². The Hall–Kier alpha value is -4.13. The number of imidazole rings is 1. The molecular formula is C30H35N5O2. The highest BCUT2D eigenvalue weighted by molar-refractivity contribution is 5.94. The number of nitrogens with zero attached hydrogens (tertiary/aromatic N) is 3. The molecule has 4 rings (SSSR count). The summed E-state index contributed by atoms with van der Waals surface area (Å²) in [4.78, 5) is 33.3. The van der Waals surface area contributed by atoms with Gasteiger partial charge in [-0.15, -0.1) is 0 Å². The lowest BCUT2D eigenvalue weighted by atomic mass is 10.1. The van der Waals surface area contributed by atoms with Gasteiger partial charge in [-0.3, -0.25) is 9.59 Å². The molecule has 0 radical (unpaired) electrons. The van der Waals surface area contributed by atoms with Gasteiger partial charge in [0.2, 0.25) is 5.91 Å². The Bertz CT molecular complexity index is 1330. The Morgan fingerprint density at radius 3 is 2.24 bits per heavy atom. The molecule has 0 aliphatic rings. The highest BCUT2D eigenvalue weighted by Gasteiger charge is 2.23. The van der Waals surface area contributed by atoms with Crippen LogP contribution in [0.2, 0.25) is 0 Å². The largest absolute Gasteiger partial charge is 0.372 e. The Labute approximate surface area is 218 Å². The first-order chi connectivity index (χ1) is 18.0. The topological polar surface area (TPSA) is 79.3 Å². The van der Waals surface area contributed by atoms with Crippen molar-refractivity contribution in [3.8, 4) is 0 Å². The van der Waals surface area contributed by atoms with Crippen LogP contribution in [-0.4, -0.2) is 34.5 Å². The predicted octanol–water partition coefficient (Wildman–Crippen LogP) is 5.79. The standard InChI is InChI=1S/C30H35N5O2/c1-4-12-26(33-30(37)22-13-8-7-9-14-22)29-32-25-15-10-11-16-27(25)35(29)21-28(36)31-23-17-19-24(20-18-23)34(5-2)6-3/h7-11,13-20,26H,4-6,12,21H2,1-3H3,(H,31,36)(H,33,37). The van der Waals surface area contributed by atoms with Gasteiger partial charge < -0.3 is 20.1 Å². The molecule has 0 fully saturated rings. The summed E-state index contributed by atoms with van der Waals surface area (Å²) >= 11 is 0. The predicted molar refractivity (Wildman–Crippen MR) is 150 cm³/mol. The van der Waals surface area contributed by atoms with Gasteiger partial charge in [0.05, 0.1) is 17.1 Å². The van der Waals surface area contributed by atoms with Crippen LogP contribution >= 0.6 is 0 Å². The molecule has 0 saturated heterocycles. The van der Waals surface area contributed by atoms with E-state index in [0.717, 1.165) is 41.9 Å². The van der Waals surface area contributed by atoms with E-state index in [9.17, 15) is 9.59 Å². The van der Waals surface area contributed by atoms with Crippen molar-refractivity contribution in [1.29, 1.82) is 0 Å². The normalized spacial score (nSPS) is 11.8. The molecule has 37 heavy (non-hydrogen) atoms. The zero-order valence-corrected chi connectivity index (χ0v) is 21.8. The summed E-state index contributed by atoms with van der Waals surface area (Å²) in [7, 11) is 0. The minimum Gasteiger partial charge on any atom is -0.372 e. The molecule has 0 aliphatic heterocycles. The SMILES string of the molecule is CCCC(NC(=O)c1ccccc1)c1nc2ccccc2n1CC(=O)Nc1ccc(N(CC)CC)cc1. The van der Waals surface area contributed by atoms with Crippen molar-refractivity contribution in [2.75, 3.05) is 23.3 Å². The molecule has 7 heteroatoms. The summed E-state index contributed by atoms with van der Waals surface area (Å²) in [5.41, 5.74) is 4.12. The molecule has 1 aromatic heterocycles. The molecule has 1 unspecified atom stereocenters. The summed E-state index contributed by atoms with van der Waals surface area (Å²) in [6, 6.07) is 24.5. The molecule has 0 spiro atoms. The molecule has 1 heterocycles. The Morgan fingerprint density at radius 2 is 1.57 bits per heavy atom. The van der Waals surface area contributed by atoms with E-state index in [1.54, 1.807) is 12.1 Å². The number of aromatic nitrogens is 2. The van der Waals surface area contributed by atoms with Crippen molar-refractivity contribution in [3.63, 3.8) is 0 Å². The van der Waals surface area contributed by atoms with Gasteiger partial charge in [-0.05, 0) is 68.8 Å². The van der Waals surface area contributed by atoms with Crippen LogP contribution in [0.1, 0.15) is 55.8 Å². The number of benzene rings is 3. The maximum atomic E-state index is 13.2. The number of amides is 2. The number of hydrogen-bond acceptors (Lipinski definition) is 4. The smallest absolute Gasteiger partial charge is 0.251 e. The summed E-state index contributed by atoms with van der Waals surface area (Å²) in [5, 5.41) is 6.16. The van der Waals surface area contributed by atoms with Crippen LogP contribution in [0.15, 0.2) is 78.9 Å². The third-order valence-corrected chi connectivity index (χ3v) is 6.50. The molecule has 2 N–H and O–H groups in total. The van der Waals surface area contributed by atoms with Crippen LogP contribution in [0.3, 0.4) is 0 Å². The van der Waals surface area contributed by atoms with Crippen LogP contribution in [-0.2, 0) is 11.3 Å². The Kier molecular flexibility index (Phi) is 8.56. The van der Waals surface area contributed by atoms with Gasteiger partial charge in [0, 0.05) is 30.0 Å². The molecule has 4 aromatic rings. The highest BCUT2D eigenvalue weighted by atomic mass is 16.2.